The number of nitrogens with one attached hydrogen (secondary N) is 3. The zero-order valence-electron chi connectivity index (χ0n) is 14.2. The molecule has 0 saturated heterocycles. The second kappa shape index (κ2) is 8.20. The van der Waals surface area contributed by atoms with E-state index in [2.05, 4.69) is 15.4 Å². The van der Waals surface area contributed by atoms with Gasteiger partial charge in [-0.1, -0.05) is 11.6 Å². The van der Waals surface area contributed by atoms with E-state index in [0.717, 1.165) is 6.26 Å². The van der Waals surface area contributed by atoms with Gasteiger partial charge in [-0.3, -0.25) is 14.3 Å². The van der Waals surface area contributed by atoms with Crippen molar-refractivity contribution >= 4 is 44.8 Å². The Bertz CT molecular complexity index is 928. The first-order chi connectivity index (χ1) is 12.2. The number of carbonyl (C=O) groups is 2. The number of anilines is 2. The molecule has 2 aromatic rings. The Morgan fingerprint density at radius 1 is 1.00 bits per heavy atom. The van der Waals surface area contributed by atoms with Crippen LogP contribution in [0.15, 0.2) is 42.5 Å². The molecule has 0 fully saturated rings. The van der Waals surface area contributed by atoms with E-state index in [9.17, 15) is 18.0 Å². The number of rotatable bonds is 6. The summed E-state index contributed by atoms with van der Waals surface area (Å²) in [5.41, 5.74) is 1.33. The van der Waals surface area contributed by atoms with Crippen molar-refractivity contribution in [3.8, 4) is 0 Å². The van der Waals surface area contributed by atoms with Gasteiger partial charge in [-0.25, -0.2) is 8.42 Å². The van der Waals surface area contributed by atoms with Crippen LogP contribution >= 0.6 is 11.6 Å². The Morgan fingerprint density at radius 2 is 1.62 bits per heavy atom. The lowest BCUT2D eigenvalue weighted by Crippen LogP contribution is -2.22. The lowest BCUT2D eigenvalue weighted by atomic mass is 10.1. The Labute approximate surface area is 156 Å². The molecule has 0 bridgehead atoms. The third kappa shape index (κ3) is 5.47. The average molecular weight is 396 g/mol. The van der Waals surface area contributed by atoms with Gasteiger partial charge in [0.15, 0.2) is 0 Å². The molecule has 7 nitrogen and oxygen atoms in total. The first kappa shape index (κ1) is 19.7. The van der Waals surface area contributed by atoms with E-state index in [4.69, 9.17) is 11.6 Å². The first-order valence-electron chi connectivity index (χ1n) is 7.66. The number of carbonyl (C=O) groups excluding carboxylic acids is 2. The maximum Gasteiger partial charge on any atom is 0.255 e. The van der Waals surface area contributed by atoms with Crippen LogP contribution in [0.25, 0.3) is 0 Å². The first-order valence-corrected chi connectivity index (χ1v) is 9.93. The van der Waals surface area contributed by atoms with E-state index in [1.165, 1.54) is 18.2 Å². The predicted molar refractivity (Wildman–Crippen MR) is 102 cm³/mol. The Kier molecular flexibility index (Phi) is 6.23. The molecule has 138 valence electrons. The van der Waals surface area contributed by atoms with Gasteiger partial charge >= 0.3 is 0 Å². The topological polar surface area (TPSA) is 104 Å². The third-order valence-electron chi connectivity index (χ3n) is 3.27. The van der Waals surface area contributed by atoms with E-state index in [1.54, 1.807) is 24.3 Å². The summed E-state index contributed by atoms with van der Waals surface area (Å²) in [6, 6.07) is 10.7. The zero-order valence-corrected chi connectivity index (χ0v) is 15.7. The van der Waals surface area contributed by atoms with Crippen LogP contribution in [0.4, 0.5) is 11.4 Å². The second-order valence-electron chi connectivity index (χ2n) is 5.46. The van der Waals surface area contributed by atoms with E-state index in [1.807, 2.05) is 6.92 Å². The Balaban J connectivity index is 2.15. The largest absolute Gasteiger partial charge is 0.352 e. The highest BCUT2D eigenvalue weighted by Gasteiger charge is 2.12. The molecular formula is C17H18ClN3O4S. The van der Waals surface area contributed by atoms with Crippen LogP contribution in [-0.4, -0.2) is 33.0 Å². The van der Waals surface area contributed by atoms with Crippen molar-refractivity contribution in [1.29, 1.82) is 0 Å². The summed E-state index contributed by atoms with van der Waals surface area (Å²) in [7, 11) is -3.52. The molecule has 0 aliphatic carbocycles. The van der Waals surface area contributed by atoms with Crippen LogP contribution in [0.5, 0.6) is 0 Å². The number of hydrogen-bond donors (Lipinski definition) is 3. The van der Waals surface area contributed by atoms with Gasteiger partial charge in [0.05, 0.1) is 17.0 Å². The fourth-order valence-corrected chi connectivity index (χ4v) is 2.90. The van der Waals surface area contributed by atoms with Crippen molar-refractivity contribution in [1.82, 2.24) is 5.32 Å². The number of hydrogen-bond acceptors (Lipinski definition) is 4. The van der Waals surface area contributed by atoms with Crippen molar-refractivity contribution in [2.24, 2.45) is 0 Å². The number of halogens is 1. The van der Waals surface area contributed by atoms with Gasteiger partial charge in [-0.15, -0.1) is 0 Å². The van der Waals surface area contributed by atoms with E-state index < -0.39 is 15.9 Å². The van der Waals surface area contributed by atoms with Gasteiger partial charge in [0, 0.05) is 23.4 Å². The summed E-state index contributed by atoms with van der Waals surface area (Å²) >= 11 is 5.94. The Morgan fingerprint density at radius 3 is 2.19 bits per heavy atom. The van der Waals surface area contributed by atoms with Crippen LogP contribution < -0.4 is 15.4 Å². The molecule has 26 heavy (non-hydrogen) atoms. The summed E-state index contributed by atoms with van der Waals surface area (Å²) in [4.78, 5) is 24.1. The summed E-state index contributed by atoms with van der Waals surface area (Å²) in [6.45, 7) is 2.35. The molecule has 0 saturated carbocycles. The van der Waals surface area contributed by atoms with Gasteiger partial charge in [-0.2, -0.15) is 0 Å². The van der Waals surface area contributed by atoms with Crippen LogP contribution in [0.2, 0.25) is 5.02 Å². The van der Waals surface area contributed by atoms with E-state index in [0.29, 0.717) is 17.8 Å². The lowest BCUT2D eigenvalue weighted by Gasteiger charge is -2.10. The standard InChI is InChI=1S/C17H18ClN3O4S/c1-3-19-16(22)11-4-7-13(8-5-11)20-17(23)12-6-9-14(18)15(10-12)21-26(2,24)25/h4-10,21H,3H2,1-2H3,(H,19,22)(H,20,23). The normalized spacial score (nSPS) is 10.9. The molecule has 0 aliphatic heterocycles. The van der Waals surface area contributed by atoms with E-state index in [-0.39, 0.29) is 22.2 Å². The third-order valence-corrected chi connectivity index (χ3v) is 4.19. The minimum absolute atomic E-state index is 0.119. The highest BCUT2D eigenvalue weighted by molar-refractivity contribution is 7.92. The molecule has 0 heterocycles. The van der Waals surface area contributed by atoms with E-state index >= 15 is 0 Å². The maximum absolute atomic E-state index is 12.4. The minimum Gasteiger partial charge on any atom is -0.352 e. The smallest absolute Gasteiger partial charge is 0.255 e. The van der Waals surface area contributed by atoms with Gasteiger partial charge in [0.1, 0.15) is 0 Å². The number of benzene rings is 2. The van der Waals surface area contributed by atoms with Crippen LogP contribution in [0.1, 0.15) is 27.6 Å². The van der Waals surface area contributed by atoms with Crippen molar-refractivity contribution in [2.45, 2.75) is 6.92 Å². The van der Waals surface area contributed by atoms with Crippen LogP contribution in [0.3, 0.4) is 0 Å². The average Bonchev–Trinajstić information content (AvgIpc) is 2.56. The molecule has 9 heteroatoms. The molecule has 0 radical (unpaired) electrons. The molecule has 0 unspecified atom stereocenters. The molecule has 3 N–H and O–H groups in total. The molecule has 0 atom stereocenters. The van der Waals surface area contributed by atoms with Gasteiger partial charge < -0.3 is 10.6 Å². The van der Waals surface area contributed by atoms with Crippen molar-refractivity contribution in [3.05, 3.63) is 58.6 Å². The second-order valence-corrected chi connectivity index (χ2v) is 7.62. The quantitative estimate of drug-likeness (QED) is 0.699. The molecule has 0 aromatic heterocycles. The fraction of sp³-hybridized carbons (Fsp3) is 0.176. The van der Waals surface area contributed by atoms with Crippen molar-refractivity contribution in [2.75, 3.05) is 22.8 Å². The van der Waals surface area contributed by atoms with Crippen molar-refractivity contribution < 1.29 is 18.0 Å². The molecule has 0 spiro atoms. The highest BCUT2D eigenvalue weighted by Crippen LogP contribution is 2.24. The summed E-state index contributed by atoms with van der Waals surface area (Å²) in [5.74, 6) is -0.636. The Hall–Kier alpha value is -2.58. The molecule has 0 aliphatic rings. The molecule has 2 aromatic carbocycles. The summed E-state index contributed by atoms with van der Waals surface area (Å²) in [5, 5.41) is 5.54. The predicted octanol–water partition coefficient (Wildman–Crippen LogP) is 2.71. The highest BCUT2D eigenvalue weighted by atomic mass is 35.5. The maximum atomic E-state index is 12.4. The SMILES string of the molecule is CCNC(=O)c1ccc(NC(=O)c2ccc(Cl)c(NS(C)(=O)=O)c2)cc1. The summed E-state index contributed by atoms with van der Waals surface area (Å²) < 4.78 is 25.0. The fourth-order valence-electron chi connectivity index (χ4n) is 2.12. The van der Waals surface area contributed by atoms with Crippen LogP contribution in [-0.2, 0) is 10.0 Å². The molecule has 2 rings (SSSR count). The number of amides is 2. The van der Waals surface area contributed by atoms with Crippen LogP contribution in [0, 0.1) is 0 Å². The molecule has 2 amide bonds. The van der Waals surface area contributed by atoms with Gasteiger partial charge in [0.25, 0.3) is 11.8 Å². The van der Waals surface area contributed by atoms with Gasteiger partial charge in [0.2, 0.25) is 10.0 Å². The number of sulfonamides is 1. The summed E-state index contributed by atoms with van der Waals surface area (Å²) in [6.07, 6.45) is 0.992. The van der Waals surface area contributed by atoms with Crippen molar-refractivity contribution in [3.63, 3.8) is 0 Å². The lowest BCUT2D eigenvalue weighted by molar-refractivity contribution is 0.0955. The minimum atomic E-state index is -3.52. The monoisotopic (exact) mass is 395 g/mol. The molecular weight excluding hydrogens is 378 g/mol. The zero-order chi connectivity index (χ0) is 19.3. The van der Waals surface area contributed by atoms with Gasteiger partial charge in [-0.05, 0) is 49.4 Å².